The first-order chi connectivity index (χ1) is 7.33. The molecule has 0 aromatic heterocycles. The van der Waals surface area contributed by atoms with E-state index in [1.54, 1.807) is 0 Å². The quantitative estimate of drug-likeness (QED) is 0.439. The molecular formula is C12H26O2Ti. The van der Waals surface area contributed by atoms with Gasteiger partial charge in [-0.25, -0.2) is 0 Å². The Morgan fingerprint density at radius 1 is 0.600 bits per heavy atom. The van der Waals surface area contributed by atoms with Gasteiger partial charge in [-0.3, -0.25) is 0 Å². The van der Waals surface area contributed by atoms with Crippen LogP contribution in [0.4, 0.5) is 0 Å². The average Bonchev–Trinajstić information content (AvgIpc) is 2.23. The van der Waals surface area contributed by atoms with Crippen LogP contribution in [0.5, 0.6) is 0 Å². The Labute approximate surface area is 104 Å². The van der Waals surface area contributed by atoms with Gasteiger partial charge in [-0.1, -0.05) is 78.1 Å². The van der Waals surface area contributed by atoms with Crippen LogP contribution >= 0.6 is 0 Å². The second kappa shape index (κ2) is 19.8. The van der Waals surface area contributed by atoms with Crippen LogP contribution in [0.1, 0.15) is 78.1 Å². The topological polar surface area (TPSA) is 34.1 Å². The molecule has 0 bridgehead atoms. The maximum atomic E-state index is 8.50. The molecule has 0 aliphatic heterocycles. The van der Waals surface area contributed by atoms with Gasteiger partial charge in [0.2, 0.25) is 0 Å². The zero-order valence-electron chi connectivity index (χ0n) is 10.4. The molecule has 15 heavy (non-hydrogen) atoms. The van der Waals surface area contributed by atoms with E-state index in [-0.39, 0.29) is 0 Å². The fraction of sp³-hybridized carbons (Fsp3) is 1.00. The minimum absolute atomic E-state index is 1.37. The number of unbranched alkanes of at least 4 members (excludes halogenated alkanes) is 9. The number of rotatable bonds is 9. The van der Waals surface area contributed by atoms with Gasteiger partial charge in [-0.2, -0.15) is 0 Å². The van der Waals surface area contributed by atoms with E-state index in [2.05, 4.69) is 13.8 Å². The Morgan fingerprint density at radius 3 is 1.00 bits per heavy atom. The Hall–Kier alpha value is 0.314. The molecule has 0 unspecified atom stereocenters. The van der Waals surface area contributed by atoms with E-state index in [1.807, 2.05) is 0 Å². The summed E-state index contributed by atoms with van der Waals surface area (Å²) in [6, 6.07) is 0. The molecule has 0 radical (unpaired) electrons. The van der Waals surface area contributed by atoms with Crippen molar-refractivity contribution in [3.05, 3.63) is 0 Å². The van der Waals surface area contributed by atoms with Crippen molar-refractivity contribution < 1.29 is 25.7 Å². The second-order valence-corrected chi connectivity index (χ2v) is 4.17. The van der Waals surface area contributed by atoms with Gasteiger partial charge in [0.05, 0.1) is 0 Å². The first-order valence-electron chi connectivity index (χ1n) is 6.32. The molecule has 0 saturated carbocycles. The van der Waals surface area contributed by atoms with Gasteiger partial charge in [0.15, 0.2) is 0 Å². The normalized spacial score (nSPS) is 8.93. The molecule has 0 spiro atoms. The monoisotopic (exact) mass is 250 g/mol. The van der Waals surface area contributed by atoms with E-state index in [9.17, 15) is 0 Å². The van der Waals surface area contributed by atoms with E-state index in [0.29, 0.717) is 0 Å². The molecule has 2 nitrogen and oxygen atoms in total. The van der Waals surface area contributed by atoms with Crippen LogP contribution in [0.2, 0.25) is 0 Å². The van der Waals surface area contributed by atoms with Crippen molar-refractivity contribution in [2.24, 2.45) is 0 Å². The molecule has 0 rings (SSSR count). The zero-order chi connectivity index (χ0) is 11.8. The fourth-order valence-corrected chi connectivity index (χ4v) is 1.56. The van der Waals surface area contributed by atoms with Crippen molar-refractivity contribution in [1.29, 1.82) is 0 Å². The predicted molar refractivity (Wildman–Crippen MR) is 58.9 cm³/mol. The molecule has 0 aromatic rings. The van der Waals surface area contributed by atoms with E-state index >= 15 is 0 Å². The second-order valence-electron chi connectivity index (χ2n) is 3.91. The van der Waals surface area contributed by atoms with E-state index in [0.717, 1.165) is 0 Å². The molecule has 0 atom stereocenters. The van der Waals surface area contributed by atoms with E-state index in [4.69, 9.17) is 6.65 Å². The van der Waals surface area contributed by atoms with Crippen LogP contribution < -0.4 is 0 Å². The van der Waals surface area contributed by atoms with Crippen molar-refractivity contribution in [3.8, 4) is 0 Å². The third-order valence-electron chi connectivity index (χ3n) is 2.46. The third kappa shape index (κ3) is 25.0. The summed E-state index contributed by atoms with van der Waals surface area (Å²) in [6.45, 7) is 4.56. The summed E-state index contributed by atoms with van der Waals surface area (Å²) >= 11 is -2.00. The first kappa shape index (κ1) is 17.7. The van der Waals surface area contributed by atoms with Gasteiger partial charge in [0.1, 0.15) is 0 Å². The number of hydrogen-bond acceptors (Lipinski definition) is 2. The summed E-state index contributed by atoms with van der Waals surface area (Å²) < 4.78 is 17.0. The average molecular weight is 250 g/mol. The van der Waals surface area contributed by atoms with Gasteiger partial charge in [-0.15, -0.1) is 0 Å². The molecule has 0 saturated heterocycles. The van der Waals surface area contributed by atoms with Crippen molar-refractivity contribution in [2.75, 3.05) is 0 Å². The van der Waals surface area contributed by atoms with Crippen LogP contribution in [0.15, 0.2) is 0 Å². The van der Waals surface area contributed by atoms with Crippen molar-refractivity contribution >= 4 is 0 Å². The predicted octanol–water partition coefficient (Wildman–Crippen LogP) is 4.69. The third-order valence-corrected chi connectivity index (χ3v) is 2.46. The van der Waals surface area contributed by atoms with Crippen molar-refractivity contribution in [3.63, 3.8) is 0 Å². The van der Waals surface area contributed by atoms with Crippen molar-refractivity contribution in [1.82, 2.24) is 0 Å². The molecule has 0 N–H and O–H groups in total. The van der Waals surface area contributed by atoms with E-state index in [1.165, 1.54) is 64.2 Å². The summed E-state index contributed by atoms with van der Waals surface area (Å²) in [5, 5.41) is 0. The van der Waals surface area contributed by atoms with Gasteiger partial charge in [0, 0.05) is 0 Å². The Balaban J connectivity index is 0. The molecule has 0 aliphatic carbocycles. The summed E-state index contributed by atoms with van der Waals surface area (Å²) in [5.74, 6) is 0. The molecule has 0 heterocycles. The zero-order valence-corrected chi connectivity index (χ0v) is 11.9. The van der Waals surface area contributed by atoms with Crippen molar-refractivity contribution in [2.45, 2.75) is 78.1 Å². The Morgan fingerprint density at radius 2 is 0.800 bits per heavy atom. The summed E-state index contributed by atoms with van der Waals surface area (Å²) in [7, 11) is 0. The van der Waals surface area contributed by atoms with E-state index < -0.39 is 19.1 Å². The molecular weight excluding hydrogens is 224 g/mol. The van der Waals surface area contributed by atoms with Crippen LogP contribution in [-0.2, 0) is 25.7 Å². The SMILES string of the molecule is CCCCCCCCCCCC.[O]=[Ti]=[O]. The van der Waals surface area contributed by atoms with Crippen LogP contribution in [0, 0.1) is 0 Å². The summed E-state index contributed by atoms with van der Waals surface area (Å²) in [5.41, 5.74) is 0. The molecule has 3 heteroatoms. The fourth-order valence-electron chi connectivity index (χ4n) is 1.56. The summed E-state index contributed by atoms with van der Waals surface area (Å²) in [4.78, 5) is 0. The summed E-state index contributed by atoms with van der Waals surface area (Å²) in [6.07, 6.45) is 14.4. The number of hydrogen-bond donors (Lipinski definition) is 0. The van der Waals surface area contributed by atoms with Crippen LogP contribution in [0.25, 0.3) is 0 Å². The van der Waals surface area contributed by atoms with Crippen LogP contribution in [0.3, 0.4) is 0 Å². The first-order valence-corrected chi connectivity index (χ1v) is 7.60. The van der Waals surface area contributed by atoms with Gasteiger partial charge in [0.25, 0.3) is 0 Å². The molecule has 90 valence electrons. The van der Waals surface area contributed by atoms with Gasteiger partial charge >= 0.3 is 25.7 Å². The molecule has 0 aliphatic rings. The molecule has 0 amide bonds. The Kier molecular flexibility index (Phi) is 23.4. The standard InChI is InChI=1S/C12H26.2O.Ti/c1-3-5-7-9-11-12-10-8-6-4-2;;;/h3-12H2,1-2H3;;;. The molecule has 0 aromatic carbocycles. The van der Waals surface area contributed by atoms with Crippen LogP contribution in [-0.4, -0.2) is 0 Å². The molecule has 0 fully saturated rings. The minimum atomic E-state index is -2.00. The Bertz CT molecular complexity index is 122. The maximum absolute atomic E-state index is 8.50. The van der Waals surface area contributed by atoms with Gasteiger partial charge in [-0.05, 0) is 0 Å². The van der Waals surface area contributed by atoms with Gasteiger partial charge < -0.3 is 0 Å².